The first-order valence-corrected chi connectivity index (χ1v) is 4.23. The molecular formula is C9H12ClN. The standard InChI is InChI=1S/C9H12ClN/c1-8-2-4-9(5-3-8)11-7-6-10/h2-5,11H,6-7H2,1H3. The molecule has 0 bridgehead atoms. The maximum absolute atomic E-state index is 5.52. The molecule has 60 valence electrons. The van der Waals surface area contributed by atoms with Gasteiger partial charge in [-0.25, -0.2) is 0 Å². The molecule has 0 fully saturated rings. The maximum atomic E-state index is 5.52. The van der Waals surface area contributed by atoms with Crippen LogP contribution in [0.25, 0.3) is 0 Å². The van der Waals surface area contributed by atoms with E-state index in [1.807, 2.05) is 0 Å². The smallest absolute Gasteiger partial charge is 0.0396 e. The Bertz CT molecular complexity index is 205. The van der Waals surface area contributed by atoms with E-state index in [4.69, 9.17) is 11.6 Å². The Morgan fingerprint density at radius 2 is 1.91 bits per heavy atom. The average Bonchev–Trinajstić information content (AvgIpc) is 2.04. The minimum atomic E-state index is 0.647. The van der Waals surface area contributed by atoms with E-state index < -0.39 is 0 Å². The van der Waals surface area contributed by atoms with Gasteiger partial charge in [0.1, 0.15) is 0 Å². The zero-order chi connectivity index (χ0) is 8.10. The Kier molecular flexibility index (Phi) is 3.24. The van der Waals surface area contributed by atoms with Crippen LogP contribution in [0.15, 0.2) is 24.3 Å². The van der Waals surface area contributed by atoms with Crippen LogP contribution in [0.2, 0.25) is 0 Å². The van der Waals surface area contributed by atoms with E-state index >= 15 is 0 Å². The van der Waals surface area contributed by atoms with Crippen molar-refractivity contribution in [2.24, 2.45) is 0 Å². The fourth-order valence-corrected chi connectivity index (χ4v) is 0.957. The fourth-order valence-electron chi connectivity index (χ4n) is 0.863. The molecule has 0 aliphatic heterocycles. The van der Waals surface area contributed by atoms with Crippen LogP contribution in [0, 0.1) is 6.92 Å². The van der Waals surface area contributed by atoms with Gasteiger partial charge in [0.25, 0.3) is 0 Å². The van der Waals surface area contributed by atoms with E-state index in [-0.39, 0.29) is 0 Å². The van der Waals surface area contributed by atoms with Crippen molar-refractivity contribution in [1.82, 2.24) is 0 Å². The summed E-state index contributed by atoms with van der Waals surface area (Å²) in [5, 5.41) is 3.19. The Labute approximate surface area is 72.4 Å². The summed E-state index contributed by atoms with van der Waals surface area (Å²) in [5.74, 6) is 0.647. The summed E-state index contributed by atoms with van der Waals surface area (Å²) in [5.41, 5.74) is 2.41. The highest BCUT2D eigenvalue weighted by Gasteiger charge is 1.88. The number of aryl methyl sites for hydroxylation is 1. The minimum Gasteiger partial charge on any atom is -0.384 e. The maximum Gasteiger partial charge on any atom is 0.0396 e. The highest BCUT2D eigenvalue weighted by atomic mass is 35.5. The lowest BCUT2D eigenvalue weighted by atomic mass is 10.2. The van der Waals surface area contributed by atoms with Crippen molar-refractivity contribution in [3.05, 3.63) is 29.8 Å². The summed E-state index contributed by atoms with van der Waals surface area (Å²) < 4.78 is 0. The van der Waals surface area contributed by atoms with Gasteiger partial charge >= 0.3 is 0 Å². The Morgan fingerprint density at radius 3 is 2.45 bits per heavy atom. The first kappa shape index (κ1) is 8.41. The summed E-state index contributed by atoms with van der Waals surface area (Å²) in [6.07, 6.45) is 0. The molecule has 0 unspecified atom stereocenters. The first-order valence-electron chi connectivity index (χ1n) is 3.69. The summed E-state index contributed by atoms with van der Waals surface area (Å²) in [6, 6.07) is 8.27. The van der Waals surface area contributed by atoms with Gasteiger partial charge in [-0.2, -0.15) is 0 Å². The molecule has 2 heteroatoms. The number of anilines is 1. The van der Waals surface area contributed by atoms with Gasteiger partial charge in [-0.3, -0.25) is 0 Å². The lowest BCUT2D eigenvalue weighted by molar-refractivity contribution is 1.22. The zero-order valence-corrected chi connectivity index (χ0v) is 7.36. The molecule has 0 atom stereocenters. The van der Waals surface area contributed by atoms with Crippen LogP contribution in [-0.2, 0) is 0 Å². The van der Waals surface area contributed by atoms with Crippen molar-refractivity contribution in [1.29, 1.82) is 0 Å². The second-order valence-corrected chi connectivity index (χ2v) is 2.86. The molecule has 1 aromatic carbocycles. The molecule has 0 spiro atoms. The number of alkyl halides is 1. The molecule has 0 aliphatic carbocycles. The summed E-state index contributed by atoms with van der Waals surface area (Å²) in [7, 11) is 0. The largest absolute Gasteiger partial charge is 0.384 e. The van der Waals surface area contributed by atoms with Crippen LogP contribution in [-0.4, -0.2) is 12.4 Å². The van der Waals surface area contributed by atoms with E-state index in [0.29, 0.717) is 5.88 Å². The highest BCUT2D eigenvalue weighted by molar-refractivity contribution is 6.18. The Balaban J connectivity index is 2.52. The molecule has 1 aromatic rings. The third-order valence-electron chi connectivity index (χ3n) is 1.48. The van der Waals surface area contributed by atoms with Gasteiger partial charge in [0.2, 0.25) is 0 Å². The van der Waals surface area contributed by atoms with Crippen molar-refractivity contribution < 1.29 is 0 Å². The third kappa shape index (κ3) is 2.81. The second kappa shape index (κ2) is 4.24. The quantitative estimate of drug-likeness (QED) is 0.687. The van der Waals surface area contributed by atoms with Gasteiger partial charge in [0.15, 0.2) is 0 Å². The first-order chi connectivity index (χ1) is 5.33. The van der Waals surface area contributed by atoms with Crippen molar-refractivity contribution in [3.8, 4) is 0 Å². The van der Waals surface area contributed by atoms with Crippen LogP contribution in [0.5, 0.6) is 0 Å². The van der Waals surface area contributed by atoms with Gasteiger partial charge in [-0.15, -0.1) is 11.6 Å². The van der Waals surface area contributed by atoms with Crippen LogP contribution in [0.3, 0.4) is 0 Å². The van der Waals surface area contributed by atoms with Crippen molar-refractivity contribution in [3.63, 3.8) is 0 Å². The summed E-state index contributed by atoms with van der Waals surface area (Å²) in [4.78, 5) is 0. The van der Waals surface area contributed by atoms with Crippen LogP contribution < -0.4 is 5.32 Å². The van der Waals surface area contributed by atoms with Crippen molar-refractivity contribution in [2.75, 3.05) is 17.7 Å². The molecule has 0 aromatic heterocycles. The van der Waals surface area contributed by atoms with Gasteiger partial charge in [0.05, 0.1) is 0 Å². The average molecular weight is 170 g/mol. The van der Waals surface area contributed by atoms with Crippen molar-refractivity contribution >= 4 is 17.3 Å². The molecule has 0 saturated carbocycles. The molecule has 0 amide bonds. The lowest BCUT2D eigenvalue weighted by Gasteiger charge is -2.02. The molecule has 0 radical (unpaired) electrons. The van der Waals surface area contributed by atoms with Crippen LogP contribution >= 0.6 is 11.6 Å². The zero-order valence-electron chi connectivity index (χ0n) is 6.60. The number of benzene rings is 1. The molecule has 0 saturated heterocycles. The summed E-state index contributed by atoms with van der Waals surface area (Å²) >= 11 is 5.52. The van der Waals surface area contributed by atoms with E-state index in [1.54, 1.807) is 0 Å². The lowest BCUT2D eigenvalue weighted by Crippen LogP contribution is -2.01. The Hall–Kier alpha value is -0.690. The number of halogens is 1. The molecule has 11 heavy (non-hydrogen) atoms. The van der Waals surface area contributed by atoms with Crippen LogP contribution in [0.4, 0.5) is 5.69 Å². The predicted molar refractivity (Wildman–Crippen MR) is 50.4 cm³/mol. The van der Waals surface area contributed by atoms with Crippen molar-refractivity contribution in [2.45, 2.75) is 6.92 Å². The van der Waals surface area contributed by atoms with E-state index in [9.17, 15) is 0 Å². The molecular weight excluding hydrogens is 158 g/mol. The molecule has 1 nitrogen and oxygen atoms in total. The SMILES string of the molecule is Cc1ccc(NCCCl)cc1. The van der Waals surface area contributed by atoms with E-state index in [0.717, 1.165) is 12.2 Å². The number of hydrogen-bond acceptors (Lipinski definition) is 1. The number of hydrogen-bond donors (Lipinski definition) is 1. The van der Waals surface area contributed by atoms with Gasteiger partial charge < -0.3 is 5.32 Å². The van der Waals surface area contributed by atoms with Gasteiger partial charge in [-0.1, -0.05) is 17.7 Å². The molecule has 1 rings (SSSR count). The molecule has 0 aliphatic rings. The van der Waals surface area contributed by atoms with E-state index in [1.165, 1.54) is 5.56 Å². The second-order valence-electron chi connectivity index (χ2n) is 2.48. The van der Waals surface area contributed by atoms with Crippen LogP contribution in [0.1, 0.15) is 5.56 Å². The van der Waals surface area contributed by atoms with Gasteiger partial charge in [0, 0.05) is 18.1 Å². The number of rotatable bonds is 3. The fraction of sp³-hybridized carbons (Fsp3) is 0.333. The summed E-state index contributed by atoms with van der Waals surface area (Å²) in [6.45, 7) is 2.90. The Morgan fingerprint density at radius 1 is 1.27 bits per heavy atom. The predicted octanol–water partition coefficient (Wildman–Crippen LogP) is 2.65. The topological polar surface area (TPSA) is 12.0 Å². The monoisotopic (exact) mass is 169 g/mol. The normalized spacial score (nSPS) is 9.64. The van der Waals surface area contributed by atoms with Gasteiger partial charge in [-0.05, 0) is 19.1 Å². The van der Waals surface area contributed by atoms with E-state index in [2.05, 4.69) is 36.5 Å². The minimum absolute atomic E-state index is 0.647. The highest BCUT2D eigenvalue weighted by Crippen LogP contribution is 2.07. The third-order valence-corrected chi connectivity index (χ3v) is 1.66. The number of nitrogens with one attached hydrogen (secondary N) is 1. The molecule has 0 heterocycles. The molecule has 1 N–H and O–H groups in total.